The molecular formula is C18H23N. The van der Waals surface area contributed by atoms with Crippen LogP contribution in [-0.2, 0) is 0 Å². The monoisotopic (exact) mass is 253 g/mol. The number of nitrogens with two attached hydrogens (primary N) is 1. The maximum Gasteiger partial charge on any atom is 0.00300 e. The minimum Gasteiger partial charge on any atom is -0.330 e. The zero-order chi connectivity index (χ0) is 13.8. The Balaban J connectivity index is 2.37. The zero-order valence-electron chi connectivity index (χ0n) is 12.1. The van der Waals surface area contributed by atoms with Crippen LogP contribution in [0.1, 0.15) is 41.0 Å². The second kappa shape index (κ2) is 6.03. The first-order valence-corrected chi connectivity index (χ1v) is 6.95. The maximum atomic E-state index is 6.06. The molecule has 0 radical (unpaired) electrons. The Kier molecular flexibility index (Phi) is 4.39. The minimum atomic E-state index is 0.377. The number of benzene rings is 2. The molecule has 0 saturated heterocycles. The fourth-order valence-corrected chi connectivity index (χ4v) is 2.75. The molecule has 1 heteroatoms. The molecule has 2 N–H and O–H groups in total. The van der Waals surface area contributed by atoms with Gasteiger partial charge in [-0.2, -0.15) is 0 Å². The van der Waals surface area contributed by atoms with Gasteiger partial charge in [0, 0.05) is 5.92 Å². The fraction of sp³-hybridized carbons (Fsp3) is 0.333. The van der Waals surface area contributed by atoms with Gasteiger partial charge < -0.3 is 5.73 Å². The van der Waals surface area contributed by atoms with Crippen LogP contribution in [0.5, 0.6) is 0 Å². The predicted molar refractivity (Wildman–Crippen MR) is 82.6 cm³/mol. The quantitative estimate of drug-likeness (QED) is 0.870. The highest BCUT2D eigenvalue weighted by atomic mass is 14.6. The number of rotatable bonds is 4. The van der Waals surface area contributed by atoms with Gasteiger partial charge in [-0.25, -0.2) is 0 Å². The molecule has 0 aromatic heterocycles. The Labute approximate surface area is 116 Å². The van der Waals surface area contributed by atoms with E-state index in [4.69, 9.17) is 5.73 Å². The van der Waals surface area contributed by atoms with Gasteiger partial charge in [-0.15, -0.1) is 0 Å². The van der Waals surface area contributed by atoms with Crippen LogP contribution in [0.4, 0.5) is 0 Å². The molecule has 2 rings (SSSR count). The van der Waals surface area contributed by atoms with Crippen LogP contribution in [0.25, 0.3) is 0 Å². The number of hydrogen-bond acceptors (Lipinski definition) is 1. The van der Waals surface area contributed by atoms with Crippen molar-refractivity contribution in [1.82, 2.24) is 0 Å². The largest absolute Gasteiger partial charge is 0.330 e. The van der Waals surface area contributed by atoms with E-state index in [0.29, 0.717) is 18.4 Å². The Morgan fingerprint density at radius 3 is 2.32 bits per heavy atom. The van der Waals surface area contributed by atoms with Crippen molar-refractivity contribution < 1.29 is 0 Å². The van der Waals surface area contributed by atoms with E-state index in [1.54, 1.807) is 0 Å². The van der Waals surface area contributed by atoms with Crippen LogP contribution in [0.3, 0.4) is 0 Å². The standard InChI is InChI=1S/C18H23N/c1-13-9-10-14(2)17(11-13)18(12-19)15(3)16-7-5-4-6-8-16/h4-11,15,18H,12,19H2,1-3H3. The van der Waals surface area contributed by atoms with Crippen LogP contribution < -0.4 is 5.73 Å². The van der Waals surface area contributed by atoms with Gasteiger partial charge in [-0.1, -0.05) is 61.0 Å². The summed E-state index contributed by atoms with van der Waals surface area (Å²) in [5, 5.41) is 0. The van der Waals surface area contributed by atoms with Crippen molar-refractivity contribution in [3.8, 4) is 0 Å². The number of hydrogen-bond donors (Lipinski definition) is 1. The first kappa shape index (κ1) is 13.8. The van der Waals surface area contributed by atoms with E-state index in [-0.39, 0.29) is 0 Å². The van der Waals surface area contributed by atoms with Crippen LogP contribution in [-0.4, -0.2) is 6.54 Å². The van der Waals surface area contributed by atoms with Crippen molar-refractivity contribution in [1.29, 1.82) is 0 Å². The summed E-state index contributed by atoms with van der Waals surface area (Å²) in [5.41, 5.74) is 11.5. The third-order valence-corrected chi connectivity index (χ3v) is 4.02. The Bertz CT molecular complexity index is 531. The van der Waals surface area contributed by atoms with Gasteiger partial charge >= 0.3 is 0 Å². The van der Waals surface area contributed by atoms with Crippen LogP contribution in [0.2, 0.25) is 0 Å². The molecule has 2 aromatic carbocycles. The first-order chi connectivity index (χ1) is 9.13. The molecule has 100 valence electrons. The van der Waals surface area contributed by atoms with Crippen molar-refractivity contribution in [2.24, 2.45) is 5.73 Å². The van der Waals surface area contributed by atoms with E-state index in [0.717, 1.165) is 0 Å². The second-order valence-corrected chi connectivity index (χ2v) is 5.40. The van der Waals surface area contributed by atoms with E-state index < -0.39 is 0 Å². The number of aryl methyl sites for hydroxylation is 2. The van der Waals surface area contributed by atoms with Crippen LogP contribution in [0.15, 0.2) is 48.5 Å². The van der Waals surface area contributed by atoms with Gasteiger partial charge in [0.25, 0.3) is 0 Å². The third kappa shape index (κ3) is 3.05. The third-order valence-electron chi connectivity index (χ3n) is 4.02. The van der Waals surface area contributed by atoms with Gasteiger partial charge in [-0.05, 0) is 43.0 Å². The minimum absolute atomic E-state index is 0.377. The molecule has 0 amide bonds. The molecular weight excluding hydrogens is 230 g/mol. The van der Waals surface area contributed by atoms with E-state index in [1.807, 2.05) is 0 Å². The summed E-state index contributed by atoms with van der Waals surface area (Å²) < 4.78 is 0. The van der Waals surface area contributed by atoms with Gasteiger partial charge in [0.2, 0.25) is 0 Å². The average molecular weight is 253 g/mol. The second-order valence-electron chi connectivity index (χ2n) is 5.40. The Hall–Kier alpha value is -1.60. The smallest absolute Gasteiger partial charge is 0.00300 e. The molecule has 2 atom stereocenters. The molecule has 0 aliphatic heterocycles. The summed E-state index contributed by atoms with van der Waals surface area (Å²) in [6.07, 6.45) is 0. The lowest BCUT2D eigenvalue weighted by molar-refractivity contribution is 0.581. The van der Waals surface area contributed by atoms with Crippen molar-refractivity contribution in [2.75, 3.05) is 6.54 Å². The molecule has 19 heavy (non-hydrogen) atoms. The van der Waals surface area contributed by atoms with Crippen molar-refractivity contribution in [3.63, 3.8) is 0 Å². The molecule has 0 aliphatic carbocycles. The Morgan fingerprint density at radius 2 is 1.68 bits per heavy atom. The zero-order valence-corrected chi connectivity index (χ0v) is 12.1. The summed E-state index contributed by atoms with van der Waals surface area (Å²) in [7, 11) is 0. The highest BCUT2D eigenvalue weighted by Gasteiger charge is 2.20. The molecule has 0 aliphatic rings. The van der Waals surface area contributed by atoms with Gasteiger partial charge in [-0.3, -0.25) is 0 Å². The highest BCUT2D eigenvalue weighted by Crippen LogP contribution is 2.33. The molecule has 0 fully saturated rings. The average Bonchev–Trinajstić information content (AvgIpc) is 2.44. The molecule has 2 aromatic rings. The molecule has 0 spiro atoms. The lowest BCUT2D eigenvalue weighted by atomic mass is 9.80. The van der Waals surface area contributed by atoms with E-state index in [2.05, 4.69) is 69.3 Å². The molecule has 0 heterocycles. The van der Waals surface area contributed by atoms with Crippen molar-refractivity contribution >= 4 is 0 Å². The molecule has 2 unspecified atom stereocenters. The van der Waals surface area contributed by atoms with Gasteiger partial charge in [0.05, 0.1) is 0 Å². The van der Waals surface area contributed by atoms with Crippen molar-refractivity contribution in [2.45, 2.75) is 32.6 Å². The van der Waals surface area contributed by atoms with Crippen molar-refractivity contribution in [3.05, 3.63) is 70.8 Å². The van der Waals surface area contributed by atoms with E-state index in [1.165, 1.54) is 22.3 Å². The summed E-state index contributed by atoms with van der Waals surface area (Å²) in [6, 6.07) is 17.3. The summed E-state index contributed by atoms with van der Waals surface area (Å²) in [4.78, 5) is 0. The normalized spacial score (nSPS) is 14.1. The molecule has 0 saturated carbocycles. The lowest BCUT2D eigenvalue weighted by Gasteiger charge is -2.25. The fourth-order valence-electron chi connectivity index (χ4n) is 2.75. The van der Waals surface area contributed by atoms with E-state index >= 15 is 0 Å². The van der Waals surface area contributed by atoms with Gasteiger partial charge in [0.1, 0.15) is 0 Å². The first-order valence-electron chi connectivity index (χ1n) is 6.95. The Morgan fingerprint density at radius 1 is 1.00 bits per heavy atom. The van der Waals surface area contributed by atoms with E-state index in [9.17, 15) is 0 Å². The van der Waals surface area contributed by atoms with Crippen LogP contribution >= 0.6 is 0 Å². The topological polar surface area (TPSA) is 26.0 Å². The van der Waals surface area contributed by atoms with Gasteiger partial charge in [0.15, 0.2) is 0 Å². The summed E-state index contributed by atoms with van der Waals surface area (Å²) >= 11 is 0. The molecule has 0 bridgehead atoms. The highest BCUT2D eigenvalue weighted by molar-refractivity contribution is 5.36. The molecule has 1 nitrogen and oxygen atoms in total. The summed E-state index contributed by atoms with van der Waals surface area (Å²) in [5.74, 6) is 0.814. The maximum absolute atomic E-state index is 6.06. The summed E-state index contributed by atoms with van der Waals surface area (Å²) in [6.45, 7) is 7.27. The van der Waals surface area contributed by atoms with Crippen LogP contribution in [0, 0.1) is 13.8 Å². The lowest BCUT2D eigenvalue weighted by Crippen LogP contribution is -2.19. The predicted octanol–water partition coefficient (Wildman–Crippen LogP) is 4.15. The SMILES string of the molecule is Cc1ccc(C)c(C(CN)C(C)c2ccccc2)c1.